The van der Waals surface area contributed by atoms with Crippen LogP contribution in [0.25, 0.3) is 0 Å². The van der Waals surface area contributed by atoms with Crippen LogP contribution in [0, 0.1) is 0 Å². The Labute approximate surface area is 330 Å². The van der Waals surface area contributed by atoms with Crippen molar-refractivity contribution in [1.29, 1.82) is 0 Å². The normalized spacial score (nSPS) is 11.6. The Morgan fingerprint density at radius 2 is 1.27 bits per heavy atom. The van der Waals surface area contributed by atoms with Crippen molar-refractivity contribution in [1.82, 2.24) is 41.0 Å². The number of hydrogen-bond donors (Lipinski definition) is 6. The number of imidazole rings is 1. The van der Waals surface area contributed by atoms with Crippen LogP contribution in [-0.2, 0) is 30.3 Å². The molecule has 1 aromatic heterocycles. The zero-order chi connectivity index (χ0) is 37.6. The van der Waals surface area contributed by atoms with Gasteiger partial charge >= 0.3 is 0 Å². The van der Waals surface area contributed by atoms with E-state index in [1.165, 1.54) is 0 Å². The molecule has 1 aromatic rings. The number of carbonyl (C=O) groups is 4. The summed E-state index contributed by atoms with van der Waals surface area (Å²) in [4.78, 5) is 60.9. The molecule has 0 saturated heterocycles. The van der Waals surface area contributed by atoms with Crippen LogP contribution in [0.5, 0.6) is 0 Å². The Morgan fingerprint density at radius 3 is 1.73 bits per heavy atom. The Balaban J connectivity index is 2.30. The monoisotopic (exact) mass is 887 g/mol. The van der Waals surface area contributed by atoms with E-state index in [0.717, 1.165) is 42.3 Å². The molecule has 0 spiro atoms. The van der Waals surface area contributed by atoms with Gasteiger partial charge in [-0.1, -0.05) is 15.9 Å². The van der Waals surface area contributed by atoms with Gasteiger partial charge in [0.15, 0.2) is 0 Å². The number of H-pyrrole nitrogens is 1. The molecular formula is C33H62IN9O5S3. The smallest absolute Gasteiger partial charge is 0.221 e. The summed E-state index contributed by atoms with van der Waals surface area (Å²) >= 11 is 5.76. The second kappa shape index (κ2) is 31.1. The highest BCUT2D eigenvalue weighted by Crippen LogP contribution is 2.35. The number of carbonyl (C=O) groups excluding carboxylic acids is 4. The van der Waals surface area contributed by atoms with Crippen molar-refractivity contribution in [3.05, 3.63) is 18.2 Å². The van der Waals surface area contributed by atoms with Crippen molar-refractivity contribution >= 4 is 77.3 Å². The summed E-state index contributed by atoms with van der Waals surface area (Å²) < 4.78 is 5.44. The maximum atomic E-state index is 12.6. The minimum absolute atomic E-state index is 0.00144. The van der Waals surface area contributed by atoms with E-state index in [1.54, 1.807) is 45.0 Å². The predicted molar refractivity (Wildman–Crippen MR) is 221 cm³/mol. The fourth-order valence-corrected chi connectivity index (χ4v) is 7.72. The molecule has 14 nitrogen and oxygen atoms in total. The Kier molecular flexibility index (Phi) is 29.1. The molecule has 0 fully saturated rings. The number of aromatic amines is 1. The highest BCUT2D eigenvalue weighted by molar-refractivity contribution is 14.2. The molecule has 0 aliphatic rings. The highest BCUT2D eigenvalue weighted by Gasteiger charge is 2.19. The molecule has 0 aliphatic heterocycles. The van der Waals surface area contributed by atoms with Gasteiger partial charge in [0.25, 0.3) is 0 Å². The number of amides is 4. The second-order valence-corrected chi connectivity index (χ2v) is 18.4. The van der Waals surface area contributed by atoms with Crippen molar-refractivity contribution in [3.63, 3.8) is 0 Å². The van der Waals surface area contributed by atoms with Crippen LogP contribution in [0.3, 0.4) is 0 Å². The summed E-state index contributed by atoms with van der Waals surface area (Å²) in [5, 5.41) is 11.9. The molecule has 0 aliphatic carbocycles. The molecule has 1 heterocycles. The number of aromatic nitrogens is 2. The van der Waals surface area contributed by atoms with Gasteiger partial charge in [-0.25, -0.2) is 4.98 Å². The van der Waals surface area contributed by atoms with E-state index in [-0.39, 0.29) is 27.7 Å². The molecule has 0 saturated carbocycles. The average molecular weight is 888 g/mol. The standard InChI is InChI=1S/C33H62IN9O5S3/c1-4-11-37-29(44)6-16-42(15-5-28-26-36-27-41-28)17-7-30(45)38-12-23-49-33(2,3)50-24-13-39-31(46)8-18-43(20-22-48-21-10-35)19-9-32(47)40-14-25-51-34/h26-27H,4-25,35H2,1-3H3,(H,36,41)(H,37,44)(H,38,45)(H,39,46)(H,40,47). The maximum absolute atomic E-state index is 12.6. The van der Waals surface area contributed by atoms with Gasteiger partial charge in [-0.2, -0.15) is 0 Å². The van der Waals surface area contributed by atoms with Crippen molar-refractivity contribution in [2.45, 2.75) is 63.4 Å². The van der Waals surface area contributed by atoms with Crippen molar-refractivity contribution in [3.8, 4) is 0 Å². The first-order valence-corrected chi connectivity index (χ1v) is 23.4. The van der Waals surface area contributed by atoms with Gasteiger partial charge in [0, 0.05) is 133 Å². The average Bonchev–Trinajstić information content (AvgIpc) is 3.64. The van der Waals surface area contributed by atoms with Gasteiger partial charge in [-0.3, -0.25) is 19.2 Å². The first-order valence-electron chi connectivity index (χ1n) is 17.9. The lowest BCUT2D eigenvalue weighted by Crippen LogP contribution is -2.37. The van der Waals surface area contributed by atoms with Gasteiger partial charge in [0.2, 0.25) is 23.6 Å². The van der Waals surface area contributed by atoms with Crippen LogP contribution in [0.4, 0.5) is 0 Å². The first kappa shape index (κ1) is 47.7. The fraction of sp³-hybridized carbons (Fsp3) is 0.788. The van der Waals surface area contributed by atoms with Crippen LogP contribution in [-0.4, -0.2) is 150 Å². The summed E-state index contributed by atoms with van der Waals surface area (Å²) in [5.74, 6) is 2.45. The van der Waals surface area contributed by atoms with E-state index in [9.17, 15) is 19.2 Å². The summed E-state index contributed by atoms with van der Waals surface area (Å²) in [6.45, 7) is 13.9. The number of nitrogens with two attached hydrogens (primary N) is 1. The summed E-state index contributed by atoms with van der Waals surface area (Å²) in [6, 6.07) is 0. The van der Waals surface area contributed by atoms with Crippen LogP contribution in [0.15, 0.2) is 12.5 Å². The van der Waals surface area contributed by atoms with Crippen molar-refractivity contribution in [2.75, 3.05) is 102 Å². The third-order valence-corrected chi connectivity index (χ3v) is 12.1. The molecule has 18 heteroatoms. The summed E-state index contributed by atoms with van der Waals surface area (Å²) in [6.07, 6.45) is 6.63. The number of thioether (sulfide) groups is 2. The lowest BCUT2D eigenvalue weighted by Gasteiger charge is -2.24. The summed E-state index contributed by atoms with van der Waals surface area (Å²) in [5.41, 5.74) is 6.54. The van der Waals surface area contributed by atoms with E-state index in [2.05, 4.69) is 76.1 Å². The molecule has 51 heavy (non-hydrogen) atoms. The molecule has 4 amide bonds. The quantitative estimate of drug-likeness (QED) is 0.0344. The lowest BCUT2D eigenvalue weighted by atomic mass is 10.2. The second-order valence-electron chi connectivity index (χ2n) is 12.2. The number of rotatable bonds is 33. The van der Waals surface area contributed by atoms with Crippen LogP contribution >= 0.6 is 53.7 Å². The van der Waals surface area contributed by atoms with Gasteiger partial charge in [0.1, 0.15) is 0 Å². The molecular weight excluding hydrogens is 826 g/mol. The SMILES string of the molecule is CCCNC(=O)CCN(CCC(=O)NCCSC(C)(C)SCCNC(=O)CCN(CCOCCN)CCC(=O)NCCSI)CCc1cnc[nH]1. The largest absolute Gasteiger partial charge is 0.379 e. The number of halogens is 1. The zero-order valence-electron chi connectivity index (χ0n) is 30.8. The van der Waals surface area contributed by atoms with E-state index < -0.39 is 0 Å². The molecule has 294 valence electrons. The van der Waals surface area contributed by atoms with Crippen LogP contribution in [0.2, 0.25) is 0 Å². The minimum Gasteiger partial charge on any atom is -0.379 e. The number of nitrogens with one attached hydrogen (secondary N) is 5. The van der Waals surface area contributed by atoms with Crippen LogP contribution in [0.1, 0.15) is 58.6 Å². The lowest BCUT2D eigenvalue weighted by molar-refractivity contribution is -0.123. The number of hydrogen-bond acceptors (Lipinski definition) is 12. The fourth-order valence-electron chi connectivity index (χ4n) is 4.65. The Hall–Kier alpha value is -1.29. The molecule has 7 N–H and O–H groups in total. The maximum Gasteiger partial charge on any atom is 0.221 e. The third kappa shape index (κ3) is 27.9. The minimum atomic E-state index is -0.0758. The predicted octanol–water partition coefficient (Wildman–Crippen LogP) is 2.25. The van der Waals surface area contributed by atoms with Gasteiger partial charge in [-0.15, -0.1) is 23.5 Å². The van der Waals surface area contributed by atoms with Gasteiger partial charge in [-0.05, 0) is 41.5 Å². The number of nitrogens with zero attached hydrogens (tertiary/aromatic N) is 3. The van der Waals surface area contributed by atoms with Crippen molar-refractivity contribution in [2.24, 2.45) is 5.73 Å². The third-order valence-electron chi connectivity index (χ3n) is 7.51. The molecule has 0 radical (unpaired) electrons. The molecule has 0 unspecified atom stereocenters. The van der Waals surface area contributed by atoms with E-state index >= 15 is 0 Å². The first-order chi connectivity index (χ1) is 24.6. The Bertz CT molecular complexity index is 1080. The van der Waals surface area contributed by atoms with Crippen molar-refractivity contribution < 1.29 is 23.9 Å². The molecule has 1 rings (SSSR count). The number of ether oxygens (including phenoxy) is 1. The van der Waals surface area contributed by atoms with Gasteiger partial charge in [0.05, 0.1) is 23.6 Å². The summed E-state index contributed by atoms with van der Waals surface area (Å²) in [7, 11) is 1.66. The van der Waals surface area contributed by atoms with E-state index in [4.69, 9.17) is 10.5 Å². The molecule has 0 bridgehead atoms. The Morgan fingerprint density at radius 1 is 0.784 bits per heavy atom. The van der Waals surface area contributed by atoms with Crippen LogP contribution < -0.4 is 27.0 Å². The van der Waals surface area contributed by atoms with E-state index in [0.29, 0.717) is 104 Å². The molecule has 0 aromatic carbocycles. The van der Waals surface area contributed by atoms with Gasteiger partial charge < -0.3 is 46.5 Å². The topological polar surface area (TPSA) is 187 Å². The van der Waals surface area contributed by atoms with E-state index in [1.807, 2.05) is 6.92 Å². The highest BCUT2D eigenvalue weighted by atomic mass is 127. The zero-order valence-corrected chi connectivity index (χ0v) is 35.4. The molecule has 0 atom stereocenters.